The average molecular weight is 339 g/mol. The van der Waals surface area contributed by atoms with Gasteiger partial charge in [0.1, 0.15) is 11.5 Å². The second kappa shape index (κ2) is 5.48. The third-order valence-corrected chi connectivity index (χ3v) is 5.62. The predicted octanol–water partition coefficient (Wildman–Crippen LogP) is 2.96. The standard InChI is InChI=1S/C20H21NO4/c1-10(2)16-12-6-7-13(16)18-17(12)19(22)21(20(18)23)14-9-11(24-3)5-8-15(14)25-4/h5-9,12-13,17-18H,1-4H3. The number of imide groups is 1. The summed E-state index contributed by atoms with van der Waals surface area (Å²) in [5, 5.41) is 0. The van der Waals surface area contributed by atoms with Crippen molar-refractivity contribution < 1.29 is 19.1 Å². The minimum Gasteiger partial charge on any atom is -0.497 e. The van der Waals surface area contributed by atoms with Crippen LogP contribution in [0, 0.1) is 23.7 Å². The van der Waals surface area contributed by atoms with E-state index in [4.69, 9.17) is 9.47 Å². The molecule has 4 unspecified atom stereocenters. The van der Waals surface area contributed by atoms with Crippen molar-refractivity contribution in [1.29, 1.82) is 0 Å². The SMILES string of the molecule is COc1ccc(OC)c(N2C(=O)C3C4C=CC(C4=C(C)C)C3C2=O)c1. The molecule has 5 nitrogen and oxygen atoms in total. The molecule has 0 aromatic heterocycles. The van der Waals surface area contributed by atoms with Crippen molar-refractivity contribution in [3.63, 3.8) is 0 Å². The van der Waals surface area contributed by atoms with Crippen LogP contribution in [0.5, 0.6) is 11.5 Å². The summed E-state index contributed by atoms with van der Waals surface area (Å²) in [5.74, 6) is 0.266. The fourth-order valence-corrected chi connectivity index (χ4v) is 4.64. The van der Waals surface area contributed by atoms with Crippen LogP contribution in [-0.4, -0.2) is 26.0 Å². The molecule has 4 atom stereocenters. The van der Waals surface area contributed by atoms with Crippen molar-refractivity contribution in [2.24, 2.45) is 23.7 Å². The lowest BCUT2D eigenvalue weighted by Gasteiger charge is -2.21. The van der Waals surface area contributed by atoms with E-state index in [1.165, 1.54) is 23.2 Å². The zero-order valence-electron chi connectivity index (χ0n) is 14.8. The Bertz CT molecular complexity index is 800. The van der Waals surface area contributed by atoms with Crippen LogP contribution in [0.25, 0.3) is 0 Å². The van der Waals surface area contributed by atoms with Crippen molar-refractivity contribution in [2.75, 3.05) is 19.1 Å². The lowest BCUT2D eigenvalue weighted by molar-refractivity contribution is -0.123. The first-order valence-electron chi connectivity index (χ1n) is 8.45. The fourth-order valence-electron chi connectivity index (χ4n) is 4.64. The summed E-state index contributed by atoms with van der Waals surface area (Å²) >= 11 is 0. The molecular formula is C20H21NO4. The molecule has 1 saturated carbocycles. The van der Waals surface area contributed by atoms with Crippen molar-refractivity contribution in [1.82, 2.24) is 0 Å². The number of carbonyl (C=O) groups excluding carboxylic acids is 2. The van der Waals surface area contributed by atoms with Crippen LogP contribution in [0.1, 0.15) is 13.8 Å². The molecule has 2 fully saturated rings. The quantitative estimate of drug-likeness (QED) is 0.627. The number of benzene rings is 1. The van der Waals surface area contributed by atoms with Gasteiger partial charge >= 0.3 is 0 Å². The summed E-state index contributed by atoms with van der Waals surface area (Å²) in [6, 6.07) is 5.16. The second-order valence-corrected chi connectivity index (χ2v) is 6.99. The summed E-state index contributed by atoms with van der Waals surface area (Å²) in [6.07, 6.45) is 4.18. The zero-order valence-corrected chi connectivity index (χ0v) is 14.8. The van der Waals surface area contributed by atoms with Crippen LogP contribution in [0.4, 0.5) is 5.69 Å². The molecule has 1 saturated heterocycles. The number of amides is 2. The van der Waals surface area contributed by atoms with Crippen molar-refractivity contribution >= 4 is 17.5 Å². The van der Waals surface area contributed by atoms with Gasteiger partial charge in [-0.2, -0.15) is 0 Å². The number of methoxy groups -OCH3 is 2. The number of nitrogens with zero attached hydrogens (tertiary/aromatic N) is 1. The van der Waals surface area contributed by atoms with E-state index < -0.39 is 0 Å². The molecule has 0 N–H and O–H groups in total. The van der Waals surface area contributed by atoms with Gasteiger partial charge in [0.2, 0.25) is 11.8 Å². The van der Waals surface area contributed by atoms with Crippen molar-refractivity contribution in [3.8, 4) is 11.5 Å². The molecule has 2 aliphatic carbocycles. The van der Waals surface area contributed by atoms with Crippen molar-refractivity contribution in [2.45, 2.75) is 13.8 Å². The molecule has 1 aliphatic heterocycles. The van der Waals surface area contributed by atoms with Gasteiger partial charge < -0.3 is 9.47 Å². The molecule has 1 aromatic rings. The number of ether oxygens (including phenoxy) is 2. The van der Waals surface area contributed by atoms with Crippen LogP contribution in [0.3, 0.4) is 0 Å². The molecule has 0 spiro atoms. The highest BCUT2D eigenvalue weighted by Gasteiger charge is 2.62. The zero-order chi connectivity index (χ0) is 17.9. The summed E-state index contributed by atoms with van der Waals surface area (Å²) in [6.45, 7) is 4.11. The van der Waals surface area contributed by atoms with Crippen molar-refractivity contribution in [3.05, 3.63) is 41.5 Å². The molecule has 5 heteroatoms. The summed E-state index contributed by atoms with van der Waals surface area (Å²) in [4.78, 5) is 27.6. The lowest BCUT2D eigenvalue weighted by Crippen LogP contribution is -2.33. The van der Waals surface area contributed by atoms with Gasteiger partial charge in [0.05, 0.1) is 31.7 Å². The molecule has 1 heterocycles. The Kier molecular flexibility index (Phi) is 3.49. The molecule has 3 aliphatic rings. The highest BCUT2D eigenvalue weighted by atomic mass is 16.5. The topological polar surface area (TPSA) is 55.8 Å². The van der Waals surface area contributed by atoms with E-state index in [0.717, 1.165) is 0 Å². The molecule has 130 valence electrons. The third kappa shape index (κ3) is 2.01. The number of hydrogen-bond donors (Lipinski definition) is 0. The summed E-state index contributed by atoms with van der Waals surface area (Å²) < 4.78 is 10.6. The van der Waals surface area contributed by atoms with Crippen LogP contribution < -0.4 is 14.4 Å². The molecule has 2 bridgehead atoms. The third-order valence-electron chi connectivity index (χ3n) is 5.62. The molecule has 1 aromatic carbocycles. The van der Waals surface area contributed by atoms with Gasteiger partial charge in [-0.3, -0.25) is 9.59 Å². The minimum atomic E-state index is -0.302. The average Bonchev–Trinajstić information content (AvgIpc) is 3.24. The van der Waals surface area contributed by atoms with Gasteiger partial charge in [-0.1, -0.05) is 23.3 Å². The van der Waals surface area contributed by atoms with Gasteiger partial charge in [-0.15, -0.1) is 0 Å². The molecular weight excluding hydrogens is 318 g/mol. The minimum absolute atomic E-state index is 0.0399. The first-order valence-corrected chi connectivity index (χ1v) is 8.45. The Morgan fingerprint density at radius 1 is 0.960 bits per heavy atom. The van der Waals surface area contributed by atoms with Crippen LogP contribution >= 0.6 is 0 Å². The number of fused-ring (bicyclic) bond motifs is 5. The fraction of sp³-hybridized carbons (Fsp3) is 0.400. The highest BCUT2D eigenvalue weighted by molar-refractivity contribution is 6.24. The van der Waals surface area contributed by atoms with E-state index in [-0.39, 0.29) is 35.5 Å². The van der Waals surface area contributed by atoms with Gasteiger partial charge in [-0.25, -0.2) is 4.90 Å². The van der Waals surface area contributed by atoms with Crippen LogP contribution in [-0.2, 0) is 9.59 Å². The monoisotopic (exact) mass is 339 g/mol. The Morgan fingerprint density at radius 2 is 1.56 bits per heavy atom. The first kappa shape index (κ1) is 15.9. The summed E-state index contributed by atoms with van der Waals surface area (Å²) in [5.41, 5.74) is 2.92. The van der Waals surface area contributed by atoms with Crippen LogP contribution in [0.15, 0.2) is 41.5 Å². The maximum atomic E-state index is 13.2. The second-order valence-electron chi connectivity index (χ2n) is 6.99. The molecule has 2 amide bonds. The normalized spacial score (nSPS) is 29.4. The number of anilines is 1. The van der Waals surface area contributed by atoms with Crippen LogP contribution in [0.2, 0.25) is 0 Å². The highest BCUT2D eigenvalue weighted by Crippen LogP contribution is 2.57. The van der Waals surface area contributed by atoms with Gasteiger partial charge in [0.25, 0.3) is 0 Å². The maximum absolute atomic E-state index is 13.2. The van der Waals surface area contributed by atoms with E-state index in [0.29, 0.717) is 17.2 Å². The van der Waals surface area contributed by atoms with E-state index in [1.807, 2.05) is 0 Å². The van der Waals surface area contributed by atoms with E-state index in [2.05, 4.69) is 26.0 Å². The lowest BCUT2D eigenvalue weighted by atomic mass is 9.85. The largest absolute Gasteiger partial charge is 0.497 e. The maximum Gasteiger partial charge on any atom is 0.238 e. The Hall–Kier alpha value is -2.56. The van der Waals surface area contributed by atoms with Gasteiger partial charge in [0, 0.05) is 17.9 Å². The number of hydrogen-bond acceptors (Lipinski definition) is 4. The summed E-state index contributed by atoms with van der Waals surface area (Å²) in [7, 11) is 3.09. The first-order chi connectivity index (χ1) is 12.0. The van der Waals surface area contributed by atoms with E-state index in [1.54, 1.807) is 25.3 Å². The Labute approximate surface area is 146 Å². The Balaban J connectivity index is 1.79. The number of allylic oxidation sites excluding steroid dienone is 4. The Morgan fingerprint density at radius 3 is 2.04 bits per heavy atom. The number of rotatable bonds is 3. The molecule has 4 rings (SSSR count). The van der Waals surface area contributed by atoms with E-state index in [9.17, 15) is 9.59 Å². The van der Waals surface area contributed by atoms with Gasteiger partial charge in [0.15, 0.2) is 0 Å². The van der Waals surface area contributed by atoms with E-state index >= 15 is 0 Å². The number of carbonyl (C=O) groups is 2. The molecule has 0 radical (unpaired) electrons. The smallest absolute Gasteiger partial charge is 0.238 e. The predicted molar refractivity (Wildman–Crippen MR) is 93.5 cm³/mol. The van der Waals surface area contributed by atoms with Gasteiger partial charge in [-0.05, 0) is 26.0 Å². The molecule has 25 heavy (non-hydrogen) atoms.